The predicted molar refractivity (Wildman–Crippen MR) is 61.0 cm³/mol. The Labute approximate surface area is 94.5 Å². The van der Waals surface area contributed by atoms with Gasteiger partial charge in [0.25, 0.3) is 6.47 Å². The lowest BCUT2D eigenvalue weighted by Gasteiger charge is -2.11. The zero-order valence-corrected chi connectivity index (χ0v) is 9.87. The van der Waals surface area contributed by atoms with E-state index in [0.717, 1.165) is 22.3 Å². The van der Waals surface area contributed by atoms with Crippen LogP contribution in [-0.2, 0) is 4.79 Å². The van der Waals surface area contributed by atoms with Crippen LogP contribution in [0.5, 0.6) is 0 Å². The number of hydrogen-bond donors (Lipinski definition) is 2. The maximum Gasteiger partial charge on any atom is 0.336 e. The summed E-state index contributed by atoms with van der Waals surface area (Å²) in [6, 6.07) is 1.92. The van der Waals surface area contributed by atoms with E-state index in [1.165, 1.54) is 0 Å². The summed E-state index contributed by atoms with van der Waals surface area (Å²) in [7, 11) is 0. The van der Waals surface area contributed by atoms with Crippen LogP contribution in [0.25, 0.3) is 0 Å². The molecule has 0 saturated heterocycles. The zero-order chi connectivity index (χ0) is 12.9. The maximum atomic E-state index is 10.9. The minimum absolute atomic E-state index is 0.250. The Morgan fingerprint density at radius 2 is 1.56 bits per heavy atom. The van der Waals surface area contributed by atoms with Crippen LogP contribution < -0.4 is 0 Å². The van der Waals surface area contributed by atoms with Crippen LogP contribution in [0.4, 0.5) is 0 Å². The number of carbonyl (C=O) groups is 2. The molecule has 0 amide bonds. The highest BCUT2D eigenvalue weighted by Gasteiger charge is 2.13. The summed E-state index contributed by atoms with van der Waals surface area (Å²) >= 11 is 0. The molecule has 0 heterocycles. The average Bonchev–Trinajstić information content (AvgIpc) is 2.15. The lowest BCUT2D eigenvalue weighted by molar-refractivity contribution is -0.122. The molecule has 1 aromatic rings. The van der Waals surface area contributed by atoms with Gasteiger partial charge in [-0.25, -0.2) is 4.79 Å². The van der Waals surface area contributed by atoms with E-state index in [9.17, 15) is 4.79 Å². The topological polar surface area (TPSA) is 74.6 Å². The number of aromatic carboxylic acids is 1. The molecule has 1 aromatic carbocycles. The highest BCUT2D eigenvalue weighted by molar-refractivity contribution is 5.91. The molecule has 4 nitrogen and oxygen atoms in total. The van der Waals surface area contributed by atoms with Crippen LogP contribution >= 0.6 is 0 Å². The Kier molecular flexibility index (Phi) is 5.22. The SMILES string of the molecule is Cc1cc(C)c(C(=O)O)c(C)c1C.O=CO. The van der Waals surface area contributed by atoms with Gasteiger partial charge in [-0.3, -0.25) is 4.79 Å². The molecule has 0 unspecified atom stereocenters. The molecule has 0 aromatic heterocycles. The van der Waals surface area contributed by atoms with Gasteiger partial charge in [0.15, 0.2) is 0 Å². The number of benzene rings is 1. The molecule has 0 aliphatic carbocycles. The minimum Gasteiger partial charge on any atom is -0.483 e. The van der Waals surface area contributed by atoms with Gasteiger partial charge in [0, 0.05) is 0 Å². The predicted octanol–water partition coefficient (Wildman–Crippen LogP) is 2.32. The molecule has 2 N–H and O–H groups in total. The Hall–Kier alpha value is -1.84. The summed E-state index contributed by atoms with van der Waals surface area (Å²) in [6.07, 6.45) is 0. The Morgan fingerprint density at radius 3 is 1.94 bits per heavy atom. The molecular formula is C12H16O4. The number of rotatable bonds is 1. The molecule has 0 fully saturated rings. The van der Waals surface area contributed by atoms with Crippen molar-refractivity contribution in [1.29, 1.82) is 0 Å². The number of carboxylic acids is 1. The fraction of sp³-hybridized carbons (Fsp3) is 0.333. The number of carboxylic acid groups (broad SMARTS) is 2. The second-order valence-electron chi connectivity index (χ2n) is 3.55. The molecular weight excluding hydrogens is 208 g/mol. The van der Waals surface area contributed by atoms with E-state index in [1.807, 2.05) is 33.8 Å². The highest BCUT2D eigenvalue weighted by atomic mass is 16.4. The standard InChI is InChI=1S/C11H14O2.CH2O2/c1-6-5-7(2)10(11(12)13)9(4)8(6)3;2-1-3/h5H,1-4H3,(H,12,13);1H,(H,2,3). The van der Waals surface area contributed by atoms with Gasteiger partial charge in [0.05, 0.1) is 5.56 Å². The van der Waals surface area contributed by atoms with Crippen molar-refractivity contribution in [1.82, 2.24) is 0 Å². The summed E-state index contributed by atoms with van der Waals surface area (Å²) < 4.78 is 0. The van der Waals surface area contributed by atoms with E-state index in [-0.39, 0.29) is 6.47 Å². The van der Waals surface area contributed by atoms with Crippen LogP contribution in [0.3, 0.4) is 0 Å². The van der Waals surface area contributed by atoms with E-state index in [1.54, 1.807) is 0 Å². The van der Waals surface area contributed by atoms with Gasteiger partial charge >= 0.3 is 5.97 Å². The van der Waals surface area contributed by atoms with Gasteiger partial charge < -0.3 is 10.2 Å². The van der Waals surface area contributed by atoms with Gasteiger partial charge in [-0.1, -0.05) is 6.07 Å². The molecule has 0 radical (unpaired) electrons. The quantitative estimate of drug-likeness (QED) is 0.718. The Bertz CT molecular complexity index is 408. The van der Waals surface area contributed by atoms with E-state index in [4.69, 9.17) is 15.0 Å². The number of hydrogen-bond acceptors (Lipinski definition) is 2. The van der Waals surface area contributed by atoms with Crippen molar-refractivity contribution in [2.24, 2.45) is 0 Å². The largest absolute Gasteiger partial charge is 0.483 e. The van der Waals surface area contributed by atoms with Crippen LogP contribution in [-0.4, -0.2) is 22.7 Å². The van der Waals surface area contributed by atoms with E-state index >= 15 is 0 Å². The van der Waals surface area contributed by atoms with Gasteiger partial charge in [-0.2, -0.15) is 0 Å². The van der Waals surface area contributed by atoms with Gasteiger partial charge in [-0.15, -0.1) is 0 Å². The molecule has 0 saturated carbocycles. The van der Waals surface area contributed by atoms with E-state index in [0.29, 0.717) is 5.56 Å². The molecule has 0 bridgehead atoms. The second-order valence-corrected chi connectivity index (χ2v) is 3.55. The molecule has 0 aliphatic heterocycles. The lowest BCUT2D eigenvalue weighted by atomic mass is 9.94. The zero-order valence-electron chi connectivity index (χ0n) is 9.87. The molecule has 4 heteroatoms. The lowest BCUT2D eigenvalue weighted by Crippen LogP contribution is -2.05. The smallest absolute Gasteiger partial charge is 0.336 e. The fourth-order valence-electron chi connectivity index (χ4n) is 1.61. The van der Waals surface area contributed by atoms with Gasteiger partial charge in [0.1, 0.15) is 0 Å². The van der Waals surface area contributed by atoms with Gasteiger partial charge in [-0.05, 0) is 49.9 Å². The number of aryl methyl sites for hydroxylation is 2. The Morgan fingerprint density at radius 1 is 1.12 bits per heavy atom. The van der Waals surface area contributed by atoms with Crippen LogP contribution in [0.2, 0.25) is 0 Å². The molecule has 0 spiro atoms. The van der Waals surface area contributed by atoms with Crippen molar-refractivity contribution in [3.63, 3.8) is 0 Å². The van der Waals surface area contributed by atoms with Crippen LogP contribution in [0.15, 0.2) is 6.07 Å². The van der Waals surface area contributed by atoms with Crippen molar-refractivity contribution >= 4 is 12.4 Å². The third-order valence-corrected chi connectivity index (χ3v) is 2.57. The first-order chi connectivity index (χ1) is 7.36. The first kappa shape index (κ1) is 14.2. The second kappa shape index (κ2) is 5.90. The molecule has 16 heavy (non-hydrogen) atoms. The fourth-order valence-corrected chi connectivity index (χ4v) is 1.61. The van der Waals surface area contributed by atoms with Crippen molar-refractivity contribution in [3.8, 4) is 0 Å². The minimum atomic E-state index is -0.835. The third kappa shape index (κ3) is 3.08. The Balaban J connectivity index is 0.000000673. The molecule has 88 valence electrons. The summed E-state index contributed by atoms with van der Waals surface area (Å²) in [5.74, 6) is -0.835. The highest BCUT2D eigenvalue weighted by Crippen LogP contribution is 2.21. The van der Waals surface area contributed by atoms with E-state index < -0.39 is 5.97 Å². The van der Waals surface area contributed by atoms with Gasteiger partial charge in [0.2, 0.25) is 0 Å². The average molecular weight is 224 g/mol. The third-order valence-electron chi connectivity index (χ3n) is 2.57. The van der Waals surface area contributed by atoms with Crippen molar-refractivity contribution in [2.45, 2.75) is 27.7 Å². The van der Waals surface area contributed by atoms with Crippen molar-refractivity contribution in [3.05, 3.63) is 33.9 Å². The van der Waals surface area contributed by atoms with Crippen LogP contribution in [0, 0.1) is 27.7 Å². The van der Waals surface area contributed by atoms with Crippen molar-refractivity contribution in [2.75, 3.05) is 0 Å². The molecule has 0 aliphatic rings. The first-order valence-electron chi connectivity index (χ1n) is 4.75. The summed E-state index contributed by atoms with van der Waals surface area (Å²) in [5, 5.41) is 15.9. The normalized spacial score (nSPS) is 9.00. The summed E-state index contributed by atoms with van der Waals surface area (Å²) in [5.41, 5.74) is 4.39. The molecule has 0 atom stereocenters. The van der Waals surface area contributed by atoms with Crippen LogP contribution in [0.1, 0.15) is 32.6 Å². The first-order valence-corrected chi connectivity index (χ1v) is 4.75. The summed E-state index contributed by atoms with van der Waals surface area (Å²) in [4.78, 5) is 19.3. The van der Waals surface area contributed by atoms with E-state index in [2.05, 4.69) is 0 Å². The van der Waals surface area contributed by atoms with Crippen molar-refractivity contribution < 1.29 is 19.8 Å². The summed E-state index contributed by atoms with van der Waals surface area (Å²) in [6.45, 7) is 7.40. The molecule has 1 rings (SSSR count). The maximum absolute atomic E-state index is 10.9. The monoisotopic (exact) mass is 224 g/mol.